The Kier molecular flexibility index (Phi) is 6.07. The van der Waals surface area contributed by atoms with Crippen molar-refractivity contribution in [3.63, 3.8) is 0 Å². The summed E-state index contributed by atoms with van der Waals surface area (Å²) in [6.07, 6.45) is 1.30. The summed E-state index contributed by atoms with van der Waals surface area (Å²) >= 11 is 0.852. The molecule has 0 unspecified atom stereocenters. The van der Waals surface area contributed by atoms with Crippen LogP contribution in [0.4, 0.5) is 14.5 Å². The first kappa shape index (κ1) is 18.4. The average Bonchev–Trinajstić information content (AvgIpc) is 2.56. The summed E-state index contributed by atoms with van der Waals surface area (Å²) in [7, 11) is 0. The maximum absolute atomic E-state index is 12.1. The van der Waals surface area contributed by atoms with Crippen LogP contribution in [0.2, 0.25) is 0 Å². The Morgan fingerprint density at radius 3 is 2.20 bits per heavy atom. The SMILES string of the molecule is O=C([O-])/C(=C\c1ccc(OC(F)F)cc1)Sc1ccc([N+](=O)[O-])cc1. The van der Waals surface area contributed by atoms with Crippen LogP contribution >= 0.6 is 11.8 Å². The molecule has 0 N–H and O–H groups in total. The standard InChI is InChI=1S/C16H11F2NO5S/c17-16(18)24-12-5-1-10(2-6-12)9-14(15(20)21)25-13-7-3-11(4-8-13)19(22)23/h1-9,16H,(H,20,21)/p-1/b14-9+. The lowest BCUT2D eigenvalue weighted by Crippen LogP contribution is -2.22. The van der Waals surface area contributed by atoms with Gasteiger partial charge in [-0.3, -0.25) is 10.1 Å². The molecule has 0 bridgehead atoms. The molecule has 0 saturated heterocycles. The molecule has 6 nitrogen and oxygen atoms in total. The highest BCUT2D eigenvalue weighted by Crippen LogP contribution is 2.29. The van der Waals surface area contributed by atoms with E-state index in [9.17, 15) is 28.8 Å². The maximum atomic E-state index is 12.1. The maximum Gasteiger partial charge on any atom is 0.387 e. The van der Waals surface area contributed by atoms with Crippen molar-refractivity contribution in [1.29, 1.82) is 0 Å². The molecule has 2 aromatic rings. The van der Waals surface area contributed by atoms with Crippen molar-refractivity contribution in [3.05, 3.63) is 69.1 Å². The zero-order chi connectivity index (χ0) is 18.4. The Bertz CT molecular complexity index is 791. The number of hydrogen-bond acceptors (Lipinski definition) is 6. The third kappa shape index (κ3) is 5.57. The Labute approximate surface area is 144 Å². The first-order chi connectivity index (χ1) is 11.8. The normalized spacial score (nSPS) is 11.4. The molecule has 130 valence electrons. The van der Waals surface area contributed by atoms with Crippen LogP contribution in [0.15, 0.2) is 58.3 Å². The van der Waals surface area contributed by atoms with E-state index < -0.39 is 17.5 Å². The molecule has 0 amide bonds. The number of aliphatic carboxylic acids is 1. The molecule has 25 heavy (non-hydrogen) atoms. The quantitative estimate of drug-likeness (QED) is 0.324. The number of carboxylic acids is 1. The van der Waals surface area contributed by atoms with Crippen molar-refractivity contribution < 1.29 is 28.3 Å². The first-order valence-corrected chi connectivity index (χ1v) is 7.57. The van der Waals surface area contributed by atoms with E-state index in [1.807, 2.05) is 0 Å². The highest BCUT2D eigenvalue weighted by atomic mass is 32.2. The molecular formula is C16H10F2NO5S-. The fraction of sp³-hybridized carbons (Fsp3) is 0.0625. The predicted molar refractivity (Wildman–Crippen MR) is 85.0 cm³/mol. The number of carbonyl (C=O) groups excluding carboxylic acids is 1. The number of alkyl halides is 2. The summed E-state index contributed by atoms with van der Waals surface area (Å²) in [5.74, 6) is -1.48. The Balaban J connectivity index is 2.18. The molecule has 9 heteroatoms. The fourth-order valence-corrected chi connectivity index (χ4v) is 2.59. The zero-order valence-electron chi connectivity index (χ0n) is 12.4. The number of nitro groups is 1. The number of carbonyl (C=O) groups is 1. The smallest absolute Gasteiger partial charge is 0.387 e. The number of ether oxygens (including phenoxy) is 1. The van der Waals surface area contributed by atoms with Gasteiger partial charge in [0.1, 0.15) is 5.75 Å². The third-order valence-electron chi connectivity index (χ3n) is 2.88. The predicted octanol–water partition coefficient (Wildman–Crippen LogP) is 3.08. The number of nitrogens with zero attached hydrogens (tertiary/aromatic N) is 1. The number of hydrogen-bond donors (Lipinski definition) is 0. The average molecular weight is 366 g/mol. The van der Waals surface area contributed by atoms with Gasteiger partial charge in [0.05, 0.1) is 10.9 Å². The molecule has 0 atom stereocenters. The molecule has 0 radical (unpaired) electrons. The van der Waals surface area contributed by atoms with Crippen molar-refractivity contribution in [3.8, 4) is 5.75 Å². The lowest BCUT2D eigenvalue weighted by molar-refractivity contribution is -0.384. The van der Waals surface area contributed by atoms with E-state index in [-0.39, 0.29) is 16.3 Å². The van der Waals surface area contributed by atoms with Crippen LogP contribution in [-0.4, -0.2) is 17.5 Å². The second kappa shape index (κ2) is 8.25. The largest absolute Gasteiger partial charge is 0.544 e. The summed E-state index contributed by atoms with van der Waals surface area (Å²) < 4.78 is 28.4. The van der Waals surface area contributed by atoms with Gasteiger partial charge in [-0.05, 0) is 35.9 Å². The molecule has 0 aliphatic rings. The van der Waals surface area contributed by atoms with Crippen molar-refractivity contribution >= 4 is 29.5 Å². The number of carboxylic acid groups (broad SMARTS) is 1. The van der Waals surface area contributed by atoms with E-state index in [2.05, 4.69) is 4.74 Å². The van der Waals surface area contributed by atoms with Crippen molar-refractivity contribution in [1.82, 2.24) is 0 Å². The van der Waals surface area contributed by atoms with Crippen LogP contribution in [0.5, 0.6) is 5.75 Å². The van der Waals surface area contributed by atoms with Crippen LogP contribution in [0.3, 0.4) is 0 Å². The van der Waals surface area contributed by atoms with Crippen LogP contribution < -0.4 is 9.84 Å². The topological polar surface area (TPSA) is 92.5 Å². The van der Waals surface area contributed by atoms with Crippen molar-refractivity contribution in [2.75, 3.05) is 0 Å². The van der Waals surface area contributed by atoms with E-state index in [0.29, 0.717) is 10.5 Å². The van der Waals surface area contributed by atoms with Crippen molar-refractivity contribution in [2.45, 2.75) is 11.5 Å². The van der Waals surface area contributed by atoms with Gasteiger partial charge < -0.3 is 14.6 Å². The van der Waals surface area contributed by atoms with Gasteiger partial charge in [0.25, 0.3) is 5.69 Å². The van der Waals surface area contributed by atoms with Crippen LogP contribution in [0, 0.1) is 10.1 Å². The van der Waals surface area contributed by atoms with Gasteiger partial charge in [0.15, 0.2) is 0 Å². The van der Waals surface area contributed by atoms with Gasteiger partial charge in [-0.25, -0.2) is 0 Å². The number of thioether (sulfide) groups is 1. The molecule has 2 aromatic carbocycles. The summed E-state index contributed by atoms with van der Waals surface area (Å²) in [6.45, 7) is -2.95. The minimum Gasteiger partial charge on any atom is -0.544 e. The molecular weight excluding hydrogens is 356 g/mol. The summed E-state index contributed by atoms with van der Waals surface area (Å²) in [5.41, 5.74) is 0.327. The molecule has 0 aromatic heterocycles. The van der Waals surface area contributed by atoms with Gasteiger partial charge >= 0.3 is 6.61 Å². The van der Waals surface area contributed by atoms with Gasteiger partial charge in [0.2, 0.25) is 0 Å². The van der Waals surface area contributed by atoms with Gasteiger partial charge in [-0.2, -0.15) is 8.78 Å². The van der Waals surface area contributed by atoms with E-state index in [1.54, 1.807) is 0 Å². The Hall–Kier alpha value is -2.94. The fourth-order valence-electron chi connectivity index (χ4n) is 1.79. The summed E-state index contributed by atoms with van der Waals surface area (Å²) in [6, 6.07) is 10.7. The highest BCUT2D eigenvalue weighted by molar-refractivity contribution is 8.04. The van der Waals surface area contributed by atoms with Crippen LogP contribution in [-0.2, 0) is 4.79 Å². The molecule has 0 saturated carbocycles. The number of rotatable bonds is 7. The van der Waals surface area contributed by atoms with Crippen LogP contribution in [0.1, 0.15) is 5.56 Å². The highest BCUT2D eigenvalue weighted by Gasteiger charge is 2.08. The third-order valence-corrected chi connectivity index (χ3v) is 3.89. The molecule has 0 heterocycles. The number of benzene rings is 2. The van der Waals surface area contributed by atoms with Crippen molar-refractivity contribution in [2.24, 2.45) is 0 Å². The Morgan fingerprint density at radius 1 is 1.12 bits per heavy atom. The van der Waals surface area contributed by atoms with E-state index in [0.717, 1.165) is 11.8 Å². The number of non-ortho nitro benzene ring substituents is 1. The molecule has 0 fully saturated rings. The summed E-state index contributed by atoms with van der Waals surface area (Å²) in [5, 5.41) is 21.9. The molecule has 0 spiro atoms. The zero-order valence-corrected chi connectivity index (χ0v) is 13.2. The second-order valence-corrected chi connectivity index (χ2v) is 5.71. The van der Waals surface area contributed by atoms with Gasteiger partial charge in [0, 0.05) is 21.9 Å². The van der Waals surface area contributed by atoms with Gasteiger partial charge in [-0.1, -0.05) is 23.9 Å². The number of nitro benzene ring substituents is 1. The van der Waals surface area contributed by atoms with Crippen LogP contribution in [0.25, 0.3) is 6.08 Å². The van der Waals surface area contributed by atoms with E-state index >= 15 is 0 Å². The minimum absolute atomic E-state index is 0.0508. The minimum atomic E-state index is -2.95. The summed E-state index contributed by atoms with van der Waals surface area (Å²) in [4.78, 5) is 21.6. The lowest BCUT2D eigenvalue weighted by atomic mass is 10.2. The van der Waals surface area contributed by atoms with Gasteiger partial charge in [-0.15, -0.1) is 0 Å². The number of halogens is 2. The second-order valence-electron chi connectivity index (χ2n) is 4.60. The monoisotopic (exact) mass is 366 g/mol. The van der Waals surface area contributed by atoms with E-state index in [1.165, 1.54) is 54.6 Å². The Morgan fingerprint density at radius 2 is 1.72 bits per heavy atom. The first-order valence-electron chi connectivity index (χ1n) is 6.75. The van der Waals surface area contributed by atoms with E-state index in [4.69, 9.17) is 0 Å². The molecule has 0 aliphatic carbocycles. The molecule has 0 aliphatic heterocycles. The molecule has 2 rings (SSSR count). The lowest BCUT2D eigenvalue weighted by Gasteiger charge is -2.09.